The monoisotopic (exact) mass is 608 g/mol. The van der Waals surface area contributed by atoms with E-state index < -0.39 is 17.5 Å². The van der Waals surface area contributed by atoms with Crippen LogP contribution in [0.25, 0.3) is 32.9 Å². The number of ether oxygens (including phenoxy) is 2. The van der Waals surface area contributed by atoms with Crippen LogP contribution < -0.4 is 19.7 Å². The number of rotatable bonds is 4. The van der Waals surface area contributed by atoms with Crippen molar-refractivity contribution in [3.8, 4) is 28.9 Å². The Morgan fingerprint density at radius 2 is 1.82 bits per heavy atom. The number of pyridine rings is 1. The molecule has 0 spiro atoms. The highest BCUT2D eigenvalue weighted by atomic mass is 19.2. The predicted octanol–water partition coefficient (Wildman–Crippen LogP) is 5.17. The second-order valence-corrected chi connectivity index (χ2v) is 11.7. The van der Waals surface area contributed by atoms with Crippen LogP contribution in [0.2, 0.25) is 0 Å². The fourth-order valence-electron chi connectivity index (χ4n) is 7.25. The van der Waals surface area contributed by atoms with Gasteiger partial charge in [0.1, 0.15) is 41.4 Å². The highest BCUT2D eigenvalue weighted by molar-refractivity contribution is 6.02. The molecule has 1 atom stereocenters. The van der Waals surface area contributed by atoms with Crippen molar-refractivity contribution in [3.05, 3.63) is 41.7 Å². The lowest BCUT2D eigenvalue weighted by Crippen LogP contribution is -2.53. The summed E-state index contributed by atoms with van der Waals surface area (Å²) in [5.41, 5.74) is -0.580. The van der Waals surface area contributed by atoms with E-state index in [2.05, 4.69) is 25.1 Å². The van der Waals surface area contributed by atoms with Crippen molar-refractivity contribution in [1.29, 1.82) is 0 Å². The molecule has 12 heteroatoms. The van der Waals surface area contributed by atoms with Gasteiger partial charge < -0.3 is 24.8 Å². The van der Waals surface area contributed by atoms with E-state index in [9.17, 15) is 9.50 Å². The smallest absolute Gasteiger partial charge is 0.319 e. The van der Waals surface area contributed by atoms with E-state index in [1.165, 1.54) is 18.2 Å². The molecule has 232 valence electrons. The van der Waals surface area contributed by atoms with E-state index in [4.69, 9.17) is 14.5 Å². The maximum atomic E-state index is 16.7. The first-order valence-electron chi connectivity index (χ1n) is 15.4. The Hall–Kier alpha value is -3.90. The Kier molecular flexibility index (Phi) is 7.36. The van der Waals surface area contributed by atoms with Gasteiger partial charge in [-0.25, -0.2) is 18.2 Å². The van der Waals surface area contributed by atoms with Crippen LogP contribution in [0.4, 0.5) is 19.0 Å². The Bertz CT molecular complexity index is 1740. The molecule has 8 rings (SSSR count). The van der Waals surface area contributed by atoms with Crippen LogP contribution in [0.1, 0.15) is 39.5 Å². The molecule has 4 aliphatic heterocycles. The van der Waals surface area contributed by atoms with E-state index in [1.54, 1.807) is 0 Å². The second-order valence-electron chi connectivity index (χ2n) is 11.7. The van der Waals surface area contributed by atoms with Gasteiger partial charge in [-0.15, -0.1) is 0 Å². The number of benzene rings is 2. The Morgan fingerprint density at radius 1 is 1.02 bits per heavy atom. The third-order valence-corrected chi connectivity index (χ3v) is 9.28. The lowest BCUT2D eigenvalue weighted by molar-refractivity contribution is 0.108. The summed E-state index contributed by atoms with van der Waals surface area (Å²) in [6, 6.07) is 4.70. The van der Waals surface area contributed by atoms with Crippen molar-refractivity contribution >= 4 is 27.5 Å². The van der Waals surface area contributed by atoms with Gasteiger partial charge in [-0.05, 0) is 62.4 Å². The molecule has 2 N–H and O–H groups in total. The minimum absolute atomic E-state index is 0.0461. The van der Waals surface area contributed by atoms with Crippen molar-refractivity contribution < 1.29 is 27.8 Å². The highest BCUT2D eigenvalue weighted by Crippen LogP contribution is 2.44. The first kappa shape index (κ1) is 28.8. The molecule has 0 radical (unpaired) electrons. The van der Waals surface area contributed by atoms with Gasteiger partial charge in [0.25, 0.3) is 0 Å². The Labute approximate surface area is 253 Å². The predicted molar refractivity (Wildman–Crippen MR) is 161 cm³/mol. The first-order chi connectivity index (χ1) is 21.4. The number of piperazine rings is 1. The molecule has 0 bridgehead atoms. The molecule has 4 aliphatic rings. The van der Waals surface area contributed by atoms with Crippen LogP contribution in [-0.4, -0.2) is 82.5 Å². The van der Waals surface area contributed by atoms with Gasteiger partial charge in [-0.2, -0.15) is 9.97 Å². The number of nitrogens with one attached hydrogen (secondary N) is 1. The van der Waals surface area contributed by atoms with E-state index in [-0.39, 0.29) is 63.4 Å². The van der Waals surface area contributed by atoms with E-state index in [0.717, 1.165) is 44.8 Å². The van der Waals surface area contributed by atoms with Crippen LogP contribution in [0.5, 0.6) is 17.6 Å². The zero-order valence-electron chi connectivity index (χ0n) is 24.8. The number of aromatic nitrogens is 3. The number of phenols is 1. The van der Waals surface area contributed by atoms with E-state index >= 15 is 8.78 Å². The van der Waals surface area contributed by atoms with Crippen LogP contribution in [0.15, 0.2) is 24.3 Å². The Balaban J connectivity index is 0.00000153. The zero-order chi connectivity index (χ0) is 30.6. The molecule has 0 amide bonds. The number of phenolic OH excluding ortho intramolecular Hbond substituents is 1. The summed E-state index contributed by atoms with van der Waals surface area (Å²) in [5.74, 6) is -2.81. The summed E-state index contributed by atoms with van der Waals surface area (Å²) >= 11 is 0. The molecule has 2 aromatic heterocycles. The van der Waals surface area contributed by atoms with Crippen molar-refractivity contribution in [2.24, 2.45) is 0 Å². The van der Waals surface area contributed by atoms with Gasteiger partial charge in [-0.3, -0.25) is 4.90 Å². The van der Waals surface area contributed by atoms with Crippen LogP contribution in [0.3, 0.4) is 0 Å². The molecule has 0 unspecified atom stereocenters. The maximum absolute atomic E-state index is 16.7. The van der Waals surface area contributed by atoms with Gasteiger partial charge >= 0.3 is 6.01 Å². The van der Waals surface area contributed by atoms with Crippen molar-refractivity contribution in [2.45, 2.75) is 51.1 Å². The van der Waals surface area contributed by atoms with Gasteiger partial charge in [0, 0.05) is 30.6 Å². The second kappa shape index (κ2) is 11.2. The van der Waals surface area contributed by atoms with Crippen LogP contribution in [0, 0.1) is 17.5 Å². The van der Waals surface area contributed by atoms with Crippen molar-refractivity contribution in [3.63, 3.8) is 0 Å². The maximum Gasteiger partial charge on any atom is 0.319 e. The molecule has 2 aromatic carbocycles. The molecule has 3 fully saturated rings. The van der Waals surface area contributed by atoms with E-state index in [1.807, 2.05) is 13.8 Å². The normalized spacial score (nSPS) is 20.5. The summed E-state index contributed by atoms with van der Waals surface area (Å²) < 4.78 is 58.6. The third kappa shape index (κ3) is 4.57. The molecule has 9 nitrogen and oxygen atoms in total. The molecule has 4 aromatic rings. The van der Waals surface area contributed by atoms with Gasteiger partial charge in [0.2, 0.25) is 5.88 Å². The lowest BCUT2D eigenvalue weighted by atomic mass is 9.95. The minimum Gasteiger partial charge on any atom is -0.508 e. The molecule has 6 heterocycles. The number of fused-ring (bicyclic) bond motifs is 4. The van der Waals surface area contributed by atoms with E-state index in [0.29, 0.717) is 37.4 Å². The summed E-state index contributed by atoms with van der Waals surface area (Å²) in [6.07, 6.45) is 4.27. The summed E-state index contributed by atoms with van der Waals surface area (Å²) in [6.45, 7) is 8.67. The molecule has 3 saturated heterocycles. The standard InChI is InChI=1S/C30H29F3N6O3.C2H6/c31-20-4-3-16-11-18(40)12-19(21(16)23(20)32)25-24(33)26-22-27(39-10-7-34-13-17(39)14-41-28(22)35-25)37-29(36-26)42-15-30-5-1-8-38(30)9-2-6-30;1-2/h3-4,11-12,17,34,40H,1-2,5-10,13-15H2;1-2H3/t17-;/m0./s1. The van der Waals surface area contributed by atoms with Crippen LogP contribution in [-0.2, 0) is 0 Å². The van der Waals surface area contributed by atoms with Crippen LogP contribution >= 0.6 is 0 Å². The number of hydrogen-bond acceptors (Lipinski definition) is 9. The number of hydrogen-bond donors (Lipinski definition) is 2. The quantitative estimate of drug-likeness (QED) is 0.325. The fourth-order valence-corrected chi connectivity index (χ4v) is 7.25. The summed E-state index contributed by atoms with van der Waals surface area (Å²) in [5, 5.41) is 14.1. The minimum atomic E-state index is -1.16. The fraction of sp³-hybridized carbons (Fsp3) is 0.469. The molecule has 44 heavy (non-hydrogen) atoms. The number of aromatic hydroxyl groups is 1. The lowest BCUT2D eigenvalue weighted by Gasteiger charge is -2.35. The number of nitrogens with zero attached hydrogens (tertiary/aromatic N) is 5. The number of halogens is 3. The van der Waals surface area contributed by atoms with Gasteiger partial charge in [-0.1, -0.05) is 19.9 Å². The van der Waals surface area contributed by atoms with Crippen molar-refractivity contribution in [1.82, 2.24) is 25.2 Å². The summed E-state index contributed by atoms with van der Waals surface area (Å²) in [4.78, 5) is 18.4. The average molecular weight is 609 g/mol. The molecule has 0 saturated carbocycles. The largest absolute Gasteiger partial charge is 0.508 e. The molecular formula is C32H35F3N6O3. The topological polar surface area (TPSA) is 95.9 Å². The third-order valence-electron chi connectivity index (χ3n) is 9.28. The molecular weight excluding hydrogens is 573 g/mol. The summed E-state index contributed by atoms with van der Waals surface area (Å²) in [7, 11) is 0. The average Bonchev–Trinajstić information content (AvgIpc) is 3.58. The molecule has 0 aliphatic carbocycles. The van der Waals surface area contributed by atoms with Gasteiger partial charge in [0.05, 0.1) is 11.6 Å². The Morgan fingerprint density at radius 3 is 2.61 bits per heavy atom. The zero-order valence-corrected chi connectivity index (χ0v) is 24.8. The van der Waals surface area contributed by atoms with Crippen molar-refractivity contribution in [2.75, 3.05) is 50.8 Å². The first-order valence-corrected chi connectivity index (χ1v) is 15.4. The SMILES string of the molecule is CC.Oc1cc(-c2nc3c4c(nc(OCC56CCCN5CCC6)nc4c2F)N2CCNC[C@H]2CO3)c2c(F)c(F)ccc2c1. The number of anilines is 1. The highest BCUT2D eigenvalue weighted by Gasteiger charge is 2.45. The van der Waals surface area contributed by atoms with Gasteiger partial charge in [0.15, 0.2) is 17.5 Å².